The molecule has 4 rings (SSSR count). The predicted molar refractivity (Wildman–Crippen MR) is 114 cm³/mol. The van der Waals surface area contributed by atoms with Gasteiger partial charge in [-0.1, -0.05) is 42.5 Å². The summed E-state index contributed by atoms with van der Waals surface area (Å²) in [6.45, 7) is 1.74. The molecular formula is C25H23FN2O2. The van der Waals surface area contributed by atoms with Crippen molar-refractivity contribution >= 4 is 11.8 Å². The first-order valence-electron chi connectivity index (χ1n) is 10.1. The average molecular weight is 402 g/mol. The van der Waals surface area contributed by atoms with Crippen LogP contribution in [0.2, 0.25) is 0 Å². The van der Waals surface area contributed by atoms with Gasteiger partial charge in [-0.2, -0.15) is 0 Å². The maximum atomic E-state index is 13.1. The highest BCUT2D eigenvalue weighted by atomic mass is 19.1. The van der Waals surface area contributed by atoms with Crippen molar-refractivity contribution < 1.29 is 14.0 Å². The summed E-state index contributed by atoms with van der Waals surface area (Å²) >= 11 is 0. The number of nitrogens with zero attached hydrogens (tertiary/aromatic N) is 1. The molecule has 0 spiro atoms. The summed E-state index contributed by atoms with van der Waals surface area (Å²) in [7, 11) is 0. The van der Waals surface area contributed by atoms with Gasteiger partial charge in [0.2, 0.25) is 0 Å². The Bertz CT molecular complexity index is 1020. The van der Waals surface area contributed by atoms with Crippen LogP contribution in [0, 0.1) is 5.82 Å². The minimum absolute atomic E-state index is 0.0455. The first-order chi connectivity index (χ1) is 14.6. The highest BCUT2D eigenvalue weighted by Gasteiger charge is 2.28. The lowest BCUT2D eigenvalue weighted by Gasteiger charge is -2.17. The zero-order valence-corrected chi connectivity index (χ0v) is 16.6. The molecule has 3 aromatic carbocycles. The van der Waals surface area contributed by atoms with Gasteiger partial charge in [-0.15, -0.1) is 0 Å². The first kappa shape index (κ1) is 19.8. The van der Waals surface area contributed by atoms with Crippen LogP contribution < -0.4 is 5.32 Å². The summed E-state index contributed by atoms with van der Waals surface area (Å²) in [6, 6.07) is 23.0. The lowest BCUT2D eigenvalue weighted by atomic mass is 9.98. The van der Waals surface area contributed by atoms with E-state index in [0.29, 0.717) is 30.8 Å². The Morgan fingerprint density at radius 3 is 2.27 bits per heavy atom. The van der Waals surface area contributed by atoms with E-state index < -0.39 is 0 Å². The Hall–Kier alpha value is -3.47. The van der Waals surface area contributed by atoms with Gasteiger partial charge in [0.1, 0.15) is 5.82 Å². The lowest BCUT2D eigenvalue weighted by molar-refractivity contribution is 0.0790. The summed E-state index contributed by atoms with van der Waals surface area (Å²) < 4.78 is 13.1. The minimum Gasteiger partial charge on any atom is -0.348 e. The van der Waals surface area contributed by atoms with Crippen LogP contribution in [-0.2, 0) is 6.54 Å². The third kappa shape index (κ3) is 4.57. The lowest BCUT2D eigenvalue weighted by Crippen LogP contribution is -2.28. The smallest absolute Gasteiger partial charge is 0.253 e. The summed E-state index contributed by atoms with van der Waals surface area (Å²) in [5.74, 6) is -0.249. The van der Waals surface area contributed by atoms with Crippen LogP contribution in [0.5, 0.6) is 0 Å². The molecule has 30 heavy (non-hydrogen) atoms. The van der Waals surface area contributed by atoms with Crippen LogP contribution in [0.15, 0.2) is 78.9 Å². The largest absolute Gasteiger partial charge is 0.348 e. The van der Waals surface area contributed by atoms with Gasteiger partial charge in [0.15, 0.2) is 0 Å². The predicted octanol–water partition coefficient (Wildman–Crippen LogP) is 4.39. The van der Waals surface area contributed by atoms with Crippen LogP contribution in [0.25, 0.3) is 0 Å². The summed E-state index contributed by atoms with van der Waals surface area (Å²) in [6.07, 6.45) is 0.858. The molecule has 1 fully saturated rings. The van der Waals surface area contributed by atoms with E-state index in [9.17, 15) is 14.0 Å². The van der Waals surface area contributed by atoms with E-state index in [2.05, 4.69) is 5.32 Å². The minimum atomic E-state index is -0.252. The molecule has 1 unspecified atom stereocenters. The number of carbonyl (C=O) groups is 2. The van der Waals surface area contributed by atoms with Crippen LogP contribution >= 0.6 is 0 Å². The van der Waals surface area contributed by atoms with E-state index in [-0.39, 0.29) is 23.5 Å². The summed E-state index contributed by atoms with van der Waals surface area (Å²) in [5.41, 5.74) is 3.17. The van der Waals surface area contributed by atoms with E-state index in [4.69, 9.17) is 0 Å². The number of rotatable bonds is 5. The molecule has 0 radical (unpaired) electrons. The third-order valence-corrected chi connectivity index (χ3v) is 5.51. The molecule has 152 valence electrons. The number of likely N-dealkylation sites (tertiary alicyclic amines) is 1. The van der Waals surface area contributed by atoms with Crippen molar-refractivity contribution in [2.75, 3.05) is 13.1 Å². The number of carbonyl (C=O) groups excluding carboxylic acids is 2. The van der Waals surface area contributed by atoms with Crippen molar-refractivity contribution in [1.82, 2.24) is 10.2 Å². The average Bonchev–Trinajstić information content (AvgIpc) is 3.28. The van der Waals surface area contributed by atoms with Gasteiger partial charge in [-0.05, 0) is 53.9 Å². The number of benzene rings is 3. The number of hydrogen-bond donors (Lipinski definition) is 1. The molecule has 1 aliphatic rings. The van der Waals surface area contributed by atoms with Crippen molar-refractivity contribution in [3.05, 3.63) is 107 Å². The summed E-state index contributed by atoms with van der Waals surface area (Å²) in [5, 5.41) is 2.89. The van der Waals surface area contributed by atoms with Gasteiger partial charge in [0.05, 0.1) is 0 Å². The molecule has 1 atom stereocenters. The highest BCUT2D eigenvalue weighted by Crippen LogP contribution is 2.28. The van der Waals surface area contributed by atoms with Crippen molar-refractivity contribution in [2.45, 2.75) is 18.9 Å². The van der Waals surface area contributed by atoms with Crippen molar-refractivity contribution in [2.24, 2.45) is 0 Å². The van der Waals surface area contributed by atoms with E-state index in [1.54, 1.807) is 36.4 Å². The molecule has 4 nitrogen and oxygen atoms in total. The molecule has 1 N–H and O–H groups in total. The molecule has 1 heterocycles. The van der Waals surface area contributed by atoms with E-state index in [1.807, 2.05) is 35.2 Å². The van der Waals surface area contributed by atoms with Gasteiger partial charge in [0, 0.05) is 36.7 Å². The second-order valence-electron chi connectivity index (χ2n) is 7.53. The fraction of sp³-hybridized carbons (Fsp3) is 0.200. The topological polar surface area (TPSA) is 49.4 Å². The highest BCUT2D eigenvalue weighted by molar-refractivity contribution is 5.98. The molecule has 1 saturated heterocycles. The molecule has 0 aromatic heterocycles. The molecule has 1 aliphatic heterocycles. The number of hydrogen-bond acceptors (Lipinski definition) is 2. The quantitative estimate of drug-likeness (QED) is 0.688. The maximum Gasteiger partial charge on any atom is 0.253 e. The van der Waals surface area contributed by atoms with Gasteiger partial charge >= 0.3 is 0 Å². The molecule has 0 bridgehead atoms. The van der Waals surface area contributed by atoms with Crippen LogP contribution in [0.1, 0.15) is 44.2 Å². The monoisotopic (exact) mass is 402 g/mol. The van der Waals surface area contributed by atoms with Gasteiger partial charge in [-0.25, -0.2) is 4.39 Å². The molecule has 0 aliphatic carbocycles. The first-order valence-corrected chi connectivity index (χ1v) is 10.1. The van der Waals surface area contributed by atoms with Gasteiger partial charge < -0.3 is 10.2 Å². The second kappa shape index (κ2) is 8.91. The second-order valence-corrected chi connectivity index (χ2v) is 7.53. The Morgan fingerprint density at radius 1 is 0.900 bits per heavy atom. The van der Waals surface area contributed by atoms with Gasteiger partial charge in [-0.3, -0.25) is 9.59 Å². The van der Waals surface area contributed by atoms with Crippen LogP contribution in [0.4, 0.5) is 4.39 Å². The Balaban J connectivity index is 1.35. The normalized spacial score (nSPS) is 15.8. The molecule has 0 saturated carbocycles. The summed E-state index contributed by atoms with van der Waals surface area (Å²) in [4.78, 5) is 27.0. The van der Waals surface area contributed by atoms with E-state index >= 15 is 0 Å². The SMILES string of the molecule is O=C(NCc1ccccc1)c1ccc(C(=O)N2CCC(c3ccc(F)cc3)C2)cc1. The molecule has 2 amide bonds. The van der Waals surface area contributed by atoms with Crippen LogP contribution in [0.3, 0.4) is 0 Å². The molecular weight excluding hydrogens is 379 g/mol. The molecule has 3 aromatic rings. The standard InChI is InChI=1S/C25H23FN2O2/c26-23-12-10-19(11-13-23)22-14-15-28(17-22)25(30)21-8-6-20(7-9-21)24(29)27-16-18-4-2-1-3-5-18/h1-13,22H,14-17H2,(H,27,29). The van der Waals surface area contributed by atoms with Crippen molar-refractivity contribution in [3.63, 3.8) is 0 Å². The van der Waals surface area contributed by atoms with E-state index in [1.165, 1.54) is 12.1 Å². The van der Waals surface area contributed by atoms with Crippen molar-refractivity contribution in [1.29, 1.82) is 0 Å². The fourth-order valence-electron chi connectivity index (χ4n) is 3.78. The van der Waals surface area contributed by atoms with Crippen molar-refractivity contribution in [3.8, 4) is 0 Å². The number of nitrogens with one attached hydrogen (secondary N) is 1. The number of amides is 2. The fourth-order valence-corrected chi connectivity index (χ4v) is 3.78. The Kier molecular flexibility index (Phi) is 5.89. The Labute approximate surface area is 175 Å². The maximum absolute atomic E-state index is 13.1. The molecule has 5 heteroatoms. The van der Waals surface area contributed by atoms with Crippen LogP contribution in [-0.4, -0.2) is 29.8 Å². The van der Waals surface area contributed by atoms with Gasteiger partial charge in [0.25, 0.3) is 11.8 Å². The zero-order chi connectivity index (χ0) is 20.9. The Morgan fingerprint density at radius 2 is 1.57 bits per heavy atom. The van der Waals surface area contributed by atoms with E-state index in [0.717, 1.165) is 17.5 Å². The zero-order valence-electron chi connectivity index (χ0n) is 16.6. The third-order valence-electron chi connectivity index (χ3n) is 5.51. The number of halogens is 1.